The molecule has 1 rings (SSSR count). The highest BCUT2D eigenvalue weighted by Crippen LogP contribution is 2.07. The first-order chi connectivity index (χ1) is 5.09. The van der Waals surface area contributed by atoms with Gasteiger partial charge in [-0.3, -0.25) is 0 Å². The highest BCUT2D eigenvalue weighted by molar-refractivity contribution is 5.25. The van der Waals surface area contributed by atoms with Crippen molar-refractivity contribution in [3.05, 3.63) is 12.0 Å². The fraction of sp³-hybridized carbons (Fsp3) is 0.625. The van der Waals surface area contributed by atoms with Crippen LogP contribution in [0.1, 0.15) is 19.7 Å². The molecule has 0 aliphatic heterocycles. The second-order valence-electron chi connectivity index (χ2n) is 3.29. The minimum atomic E-state index is 0.614. The van der Waals surface area contributed by atoms with Crippen molar-refractivity contribution in [3.8, 4) is 0 Å². The topological polar surface area (TPSA) is 43.8 Å². The van der Waals surface area contributed by atoms with Gasteiger partial charge in [0.1, 0.15) is 11.6 Å². The molecule has 0 aliphatic carbocycles. The number of aryl methyl sites for hydroxylation is 1. The van der Waals surface area contributed by atoms with Gasteiger partial charge in [-0.1, -0.05) is 13.8 Å². The zero-order valence-electron chi connectivity index (χ0n) is 7.33. The van der Waals surface area contributed by atoms with Crippen molar-refractivity contribution in [2.75, 3.05) is 5.73 Å². The van der Waals surface area contributed by atoms with Gasteiger partial charge in [-0.15, -0.1) is 0 Å². The number of nitrogens with zero attached hydrogens (tertiary/aromatic N) is 2. The molecule has 62 valence electrons. The Morgan fingerprint density at radius 2 is 2.27 bits per heavy atom. The Morgan fingerprint density at radius 3 is 2.64 bits per heavy atom. The number of nitrogens with two attached hydrogens (primary N) is 1. The zero-order valence-corrected chi connectivity index (χ0v) is 7.33. The molecule has 0 amide bonds. The number of nitrogen functional groups attached to an aromatic ring is 1. The summed E-state index contributed by atoms with van der Waals surface area (Å²) < 4.78 is 1.98. The van der Waals surface area contributed by atoms with Gasteiger partial charge in [-0.2, -0.15) is 0 Å². The average molecular weight is 153 g/mol. The molecule has 11 heavy (non-hydrogen) atoms. The average Bonchev–Trinajstić information content (AvgIpc) is 2.09. The minimum Gasteiger partial charge on any atom is -0.382 e. The molecular weight excluding hydrogens is 138 g/mol. The number of anilines is 1. The van der Waals surface area contributed by atoms with Crippen LogP contribution in [0.15, 0.2) is 6.20 Å². The molecule has 0 aliphatic rings. The van der Waals surface area contributed by atoms with E-state index in [1.54, 1.807) is 0 Å². The second kappa shape index (κ2) is 2.95. The highest BCUT2D eigenvalue weighted by atomic mass is 15.1. The number of aromatic nitrogens is 2. The maximum Gasteiger partial charge on any atom is 0.141 e. The third-order valence-corrected chi connectivity index (χ3v) is 1.58. The molecule has 0 aromatic carbocycles. The van der Waals surface area contributed by atoms with E-state index >= 15 is 0 Å². The summed E-state index contributed by atoms with van der Waals surface area (Å²) in [6.07, 6.45) is 2.84. The van der Waals surface area contributed by atoms with Crippen molar-refractivity contribution in [3.63, 3.8) is 0 Å². The molecule has 1 aromatic heterocycles. The summed E-state index contributed by atoms with van der Waals surface area (Å²) in [5.41, 5.74) is 5.52. The molecule has 3 nitrogen and oxygen atoms in total. The van der Waals surface area contributed by atoms with Crippen LogP contribution in [0, 0.1) is 5.92 Å². The first-order valence-corrected chi connectivity index (χ1v) is 3.87. The SMILES string of the molecule is CC(C)Cc1nc(N)cn1C. The Morgan fingerprint density at radius 1 is 1.64 bits per heavy atom. The largest absolute Gasteiger partial charge is 0.382 e. The van der Waals surface area contributed by atoms with Gasteiger partial charge < -0.3 is 10.3 Å². The molecule has 0 saturated carbocycles. The standard InChI is InChI=1S/C8H15N3/c1-6(2)4-8-10-7(9)5-11(8)3/h5-6H,4,9H2,1-3H3. The first kappa shape index (κ1) is 8.11. The lowest BCUT2D eigenvalue weighted by atomic mass is 10.1. The fourth-order valence-electron chi connectivity index (χ4n) is 1.08. The molecule has 0 radical (unpaired) electrons. The van der Waals surface area contributed by atoms with Gasteiger partial charge in [-0.05, 0) is 5.92 Å². The Hall–Kier alpha value is -0.990. The van der Waals surface area contributed by atoms with Gasteiger partial charge >= 0.3 is 0 Å². The molecule has 0 bridgehead atoms. The van der Waals surface area contributed by atoms with Crippen LogP contribution < -0.4 is 5.73 Å². The monoisotopic (exact) mass is 153 g/mol. The lowest BCUT2D eigenvalue weighted by molar-refractivity contribution is 0.602. The summed E-state index contributed by atoms with van der Waals surface area (Å²) in [6.45, 7) is 4.34. The summed E-state index contributed by atoms with van der Waals surface area (Å²) in [6, 6.07) is 0. The molecule has 3 heteroatoms. The summed E-state index contributed by atoms with van der Waals surface area (Å²) >= 11 is 0. The number of imidazole rings is 1. The Bertz CT molecular complexity index is 237. The second-order valence-corrected chi connectivity index (χ2v) is 3.29. The van der Waals surface area contributed by atoms with Crippen LogP contribution in [0.3, 0.4) is 0 Å². The van der Waals surface area contributed by atoms with Gasteiger partial charge in [-0.25, -0.2) is 4.98 Å². The van der Waals surface area contributed by atoms with Gasteiger partial charge in [0.15, 0.2) is 0 Å². The number of hydrogen-bond acceptors (Lipinski definition) is 2. The van der Waals surface area contributed by atoms with E-state index in [0.717, 1.165) is 12.2 Å². The van der Waals surface area contributed by atoms with Gasteiger partial charge in [0.2, 0.25) is 0 Å². The maximum absolute atomic E-state index is 5.52. The normalized spacial score (nSPS) is 10.9. The molecule has 0 unspecified atom stereocenters. The molecule has 0 fully saturated rings. The van der Waals surface area contributed by atoms with Crippen LogP contribution in [-0.4, -0.2) is 9.55 Å². The van der Waals surface area contributed by atoms with Crippen molar-refractivity contribution >= 4 is 5.82 Å². The molecule has 1 heterocycles. The van der Waals surface area contributed by atoms with E-state index in [1.807, 2.05) is 17.8 Å². The van der Waals surface area contributed by atoms with E-state index in [2.05, 4.69) is 18.8 Å². The van der Waals surface area contributed by atoms with Gasteiger partial charge in [0.05, 0.1) is 0 Å². The van der Waals surface area contributed by atoms with Crippen LogP contribution >= 0.6 is 0 Å². The number of rotatable bonds is 2. The predicted octanol–water partition coefficient (Wildman–Crippen LogP) is 1.20. The van der Waals surface area contributed by atoms with Crippen molar-refractivity contribution < 1.29 is 0 Å². The summed E-state index contributed by atoms with van der Waals surface area (Å²) in [5, 5.41) is 0. The van der Waals surface area contributed by atoms with E-state index in [-0.39, 0.29) is 0 Å². The van der Waals surface area contributed by atoms with Crippen LogP contribution in [0.25, 0.3) is 0 Å². The Labute approximate surface area is 67.2 Å². The van der Waals surface area contributed by atoms with E-state index in [0.29, 0.717) is 11.7 Å². The summed E-state index contributed by atoms with van der Waals surface area (Å²) in [5.74, 6) is 2.32. The van der Waals surface area contributed by atoms with Crippen molar-refractivity contribution in [2.24, 2.45) is 13.0 Å². The smallest absolute Gasteiger partial charge is 0.141 e. The predicted molar refractivity (Wildman–Crippen MR) is 46.2 cm³/mol. The van der Waals surface area contributed by atoms with E-state index in [4.69, 9.17) is 5.73 Å². The van der Waals surface area contributed by atoms with Crippen LogP contribution in [0.2, 0.25) is 0 Å². The Kier molecular flexibility index (Phi) is 2.17. The van der Waals surface area contributed by atoms with E-state index in [9.17, 15) is 0 Å². The van der Waals surface area contributed by atoms with Gasteiger partial charge in [0.25, 0.3) is 0 Å². The highest BCUT2D eigenvalue weighted by Gasteiger charge is 2.04. The van der Waals surface area contributed by atoms with E-state index in [1.165, 1.54) is 0 Å². The first-order valence-electron chi connectivity index (χ1n) is 3.87. The van der Waals surface area contributed by atoms with Crippen molar-refractivity contribution in [1.29, 1.82) is 0 Å². The lowest BCUT2D eigenvalue weighted by Gasteiger charge is -2.02. The molecule has 0 atom stereocenters. The van der Waals surface area contributed by atoms with Crippen molar-refractivity contribution in [2.45, 2.75) is 20.3 Å². The van der Waals surface area contributed by atoms with Crippen molar-refractivity contribution in [1.82, 2.24) is 9.55 Å². The summed E-state index contributed by atoms with van der Waals surface area (Å²) in [7, 11) is 1.97. The fourth-order valence-corrected chi connectivity index (χ4v) is 1.08. The molecule has 2 N–H and O–H groups in total. The molecule has 1 aromatic rings. The van der Waals surface area contributed by atoms with E-state index < -0.39 is 0 Å². The maximum atomic E-state index is 5.52. The van der Waals surface area contributed by atoms with Crippen LogP contribution in [0.4, 0.5) is 5.82 Å². The Balaban J connectivity index is 2.77. The summed E-state index contributed by atoms with van der Waals surface area (Å²) in [4.78, 5) is 4.19. The van der Waals surface area contributed by atoms with Gasteiger partial charge in [0, 0.05) is 19.7 Å². The quantitative estimate of drug-likeness (QED) is 0.693. The lowest BCUT2D eigenvalue weighted by Crippen LogP contribution is -2.01. The third kappa shape index (κ3) is 1.97. The molecule has 0 saturated heterocycles. The van der Waals surface area contributed by atoms with Crippen LogP contribution in [-0.2, 0) is 13.5 Å². The molecule has 0 spiro atoms. The molecular formula is C8H15N3. The third-order valence-electron chi connectivity index (χ3n) is 1.58. The number of hydrogen-bond donors (Lipinski definition) is 1. The minimum absolute atomic E-state index is 0.614. The zero-order chi connectivity index (χ0) is 8.43. The van der Waals surface area contributed by atoms with Crippen LogP contribution in [0.5, 0.6) is 0 Å².